The highest BCUT2D eigenvalue weighted by molar-refractivity contribution is 7.89. The molecule has 0 aromatic heterocycles. The van der Waals surface area contributed by atoms with Gasteiger partial charge < -0.3 is 4.90 Å². The third-order valence-electron chi connectivity index (χ3n) is 5.09. The maximum Gasteiger partial charge on any atom is 0.244 e. The molecule has 0 unspecified atom stereocenters. The quantitative estimate of drug-likeness (QED) is 0.849. The Labute approximate surface area is 140 Å². The number of nitrogens with zero attached hydrogens (tertiary/aromatic N) is 2. The Kier molecular flexibility index (Phi) is 4.55. The molecule has 2 aliphatic rings. The SMILES string of the molecule is Cc1cc(C)c(S(=O)(=O)N(C2CC2)C2CCN(C)CC2)c(C)c1. The van der Waals surface area contributed by atoms with Crippen LogP contribution in [0.15, 0.2) is 17.0 Å². The van der Waals surface area contributed by atoms with Gasteiger partial charge in [0.15, 0.2) is 0 Å². The highest BCUT2D eigenvalue weighted by Crippen LogP contribution is 2.38. The van der Waals surface area contributed by atoms with Crippen molar-refractivity contribution in [1.29, 1.82) is 0 Å². The van der Waals surface area contributed by atoms with E-state index in [2.05, 4.69) is 11.9 Å². The van der Waals surface area contributed by atoms with Gasteiger partial charge in [0.1, 0.15) is 0 Å². The zero-order valence-corrected chi connectivity index (χ0v) is 15.5. The number of sulfonamides is 1. The highest BCUT2D eigenvalue weighted by Gasteiger charge is 2.44. The molecule has 23 heavy (non-hydrogen) atoms. The Hall–Kier alpha value is -0.910. The standard InChI is InChI=1S/C18H28N2O2S/c1-13-11-14(2)18(15(3)12-13)23(21,22)20(16-5-6-16)17-7-9-19(4)10-8-17/h11-12,16-17H,5-10H2,1-4H3. The number of likely N-dealkylation sites (tertiary alicyclic amines) is 1. The van der Waals surface area contributed by atoms with E-state index in [1.165, 1.54) is 0 Å². The van der Waals surface area contributed by atoms with Gasteiger partial charge in [0.2, 0.25) is 10.0 Å². The van der Waals surface area contributed by atoms with Crippen LogP contribution in [0.1, 0.15) is 42.4 Å². The summed E-state index contributed by atoms with van der Waals surface area (Å²) in [5.74, 6) is 0. The molecule has 0 atom stereocenters. The van der Waals surface area contributed by atoms with E-state index >= 15 is 0 Å². The van der Waals surface area contributed by atoms with E-state index < -0.39 is 10.0 Å². The second kappa shape index (κ2) is 6.19. The molecule has 0 amide bonds. The first-order valence-corrected chi connectivity index (χ1v) is 10.0. The fraction of sp³-hybridized carbons (Fsp3) is 0.667. The molecule has 128 valence electrons. The topological polar surface area (TPSA) is 40.6 Å². The Bertz CT molecular complexity index is 664. The maximum atomic E-state index is 13.5. The van der Waals surface area contributed by atoms with Gasteiger partial charge in [0, 0.05) is 12.1 Å². The number of hydrogen-bond donors (Lipinski definition) is 0. The van der Waals surface area contributed by atoms with Crippen molar-refractivity contribution in [2.45, 2.75) is 63.4 Å². The summed E-state index contributed by atoms with van der Waals surface area (Å²) in [6.07, 6.45) is 3.90. The molecular formula is C18H28N2O2S. The van der Waals surface area contributed by atoms with Crippen molar-refractivity contribution in [3.8, 4) is 0 Å². The summed E-state index contributed by atoms with van der Waals surface area (Å²) >= 11 is 0. The Morgan fingerprint density at radius 2 is 1.43 bits per heavy atom. The molecule has 1 heterocycles. The Morgan fingerprint density at radius 3 is 1.91 bits per heavy atom. The van der Waals surface area contributed by atoms with Crippen molar-refractivity contribution >= 4 is 10.0 Å². The molecule has 0 bridgehead atoms. The molecule has 1 aliphatic carbocycles. The molecule has 1 aromatic carbocycles. The first kappa shape index (κ1) is 16.9. The molecule has 0 radical (unpaired) electrons. The van der Waals surface area contributed by atoms with Crippen molar-refractivity contribution in [2.24, 2.45) is 0 Å². The van der Waals surface area contributed by atoms with E-state index in [4.69, 9.17) is 0 Å². The maximum absolute atomic E-state index is 13.5. The molecule has 0 spiro atoms. The lowest BCUT2D eigenvalue weighted by molar-refractivity contribution is 0.178. The van der Waals surface area contributed by atoms with Gasteiger partial charge in [-0.25, -0.2) is 8.42 Å². The van der Waals surface area contributed by atoms with Crippen LogP contribution in [0.2, 0.25) is 0 Å². The van der Waals surface area contributed by atoms with Crippen LogP contribution in [0.3, 0.4) is 0 Å². The van der Waals surface area contributed by atoms with Gasteiger partial charge in [0.25, 0.3) is 0 Å². The van der Waals surface area contributed by atoms with Gasteiger partial charge in [0.05, 0.1) is 4.90 Å². The number of aryl methyl sites for hydroxylation is 3. The summed E-state index contributed by atoms with van der Waals surface area (Å²) < 4.78 is 28.8. The molecular weight excluding hydrogens is 308 g/mol. The molecule has 3 rings (SSSR count). The minimum atomic E-state index is -3.42. The smallest absolute Gasteiger partial charge is 0.244 e. The number of hydrogen-bond acceptors (Lipinski definition) is 3. The average Bonchev–Trinajstić information content (AvgIpc) is 3.24. The zero-order valence-electron chi connectivity index (χ0n) is 14.7. The van der Waals surface area contributed by atoms with Crippen LogP contribution in [-0.2, 0) is 10.0 Å². The van der Waals surface area contributed by atoms with Gasteiger partial charge >= 0.3 is 0 Å². The Morgan fingerprint density at radius 1 is 0.957 bits per heavy atom. The zero-order chi connectivity index (χ0) is 16.8. The van der Waals surface area contributed by atoms with Gasteiger partial charge in [-0.3, -0.25) is 0 Å². The van der Waals surface area contributed by atoms with Crippen LogP contribution in [0.25, 0.3) is 0 Å². The van der Waals surface area contributed by atoms with Crippen LogP contribution >= 0.6 is 0 Å². The van der Waals surface area contributed by atoms with Crippen molar-refractivity contribution < 1.29 is 8.42 Å². The number of piperidine rings is 1. The van der Waals surface area contributed by atoms with E-state index in [-0.39, 0.29) is 12.1 Å². The van der Waals surface area contributed by atoms with Crippen LogP contribution in [-0.4, -0.2) is 49.8 Å². The second-order valence-electron chi connectivity index (χ2n) is 7.33. The van der Waals surface area contributed by atoms with Crippen molar-refractivity contribution in [3.63, 3.8) is 0 Å². The summed E-state index contributed by atoms with van der Waals surface area (Å²) in [5, 5.41) is 0. The minimum absolute atomic E-state index is 0.156. The summed E-state index contributed by atoms with van der Waals surface area (Å²) in [6, 6.07) is 4.34. The third kappa shape index (κ3) is 3.32. The summed E-state index contributed by atoms with van der Waals surface area (Å²) in [4.78, 5) is 2.82. The highest BCUT2D eigenvalue weighted by atomic mass is 32.2. The van der Waals surface area contributed by atoms with Crippen molar-refractivity contribution in [2.75, 3.05) is 20.1 Å². The first-order valence-electron chi connectivity index (χ1n) is 8.60. The van der Waals surface area contributed by atoms with Gasteiger partial charge in [-0.1, -0.05) is 17.7 Å². The Balaban J connectivity index is 1.99. The fourth-order valence-corrected chi connectivity index (χ4v) is 6.30. The van der Waals surface area contributed by atoms with Gasteiger partial charge in [-0.15, -0.1) is 0 Å². The average molecular weight is 337 g/mol. The second-order valence-corrected chi connectivity index (χ2v) is 9.11. The van der Waals surface area contributed by atoms with E-state index in [0.717, 1.165) is 55.5 Å². The monoisotopic (exact) mass is 336 g/mol. The minimum Gasteiger partial charge on any atom is -0.306 e. The molecule has 4 nitrogen and oxygen atoms in total. The summed E-state index contributed by atoms with van der Waals surface area (Å²) in [5.41, 5.74) is 2.87. The molecule has 1 saturated carbocycles. The lowest BCUT2D eigenvalue weighted by Gasteiger charge is -2.37. The van der Waals surface area contributed by atoms with E-state index in [1.807, 2.05) is 37.2 Å². The molecule has 5 heteroatoms. The lowest BCUT2D eigenvalue weighted by Crippen LogP contribution is -2.47. The molecule has 1 aromatic rings. The van der Waals surface area contributed by atoms with Crippen LogP contribution in [0.5, 0.6) is 0 Å². The van der Waals surface area contributed by atoms with Gasteiger partial charge in [-0.2, -0.15) is 4.31 Å². The molecule has 0 N–H and O–H groups in total. The van der Waals surface area contributed by atoms with Crippen molar-refractivity contribution in [3.05, 3.63) is 28.8 Å². The van der Waals surface area contributed by atoms with E-state index in [0.29, 0.717) is 4.90 Å². The predicted octanol–water partition coefficient (Wildman–Crippen LogP) is 2.86. The largest absolute Gasteiger partial charge is 0.306 e. The lowest BCUT2D eigenvalue weighted by atomic mass is 10.1. The number of rotatable bonds is 4. The molecule has 1 aliphatic heterocycles. The van der Waals surface area contributed by atoms with Crippen LogP contribution < -0.4 is 0 Å². The van der Waals surface area contributed by atoms with Gasteiger partial charge in [-0.05, 0) is 77.7 Å². The normalized spacial score (nSPS) is 21.1. The van der Waals surface area contributed by atoms with E-state index in [9.17, 15) is 8.42 Å². The first-order chi connectivity index (χ1) is 10.8. The molecule has 1 saturated heterocycles. The van der Waals surface area contributed by atoms with Crippen LogP contribution in [0.4, 0.5) is 0 Å². The summed E-state index contributed by atoms with van der Waals surface area (Å²) in [7, 11) is -1.31. The molecule has 2 fully saturated rings. The van der Waals surface area contributed by atoms with Crippen LogP contribution in [0, 0.1) is 20.8 Å². The van der Waals surface area contributed by atoms with E-state index in [1.54, 1.807) is 0 Å². The fourth-order valence-electron chi connectivity index (χ4n) is 3.95. The third-order valence-corrected chi connectivity index (χ3v) is 7.41. The van der Waals surface area contributed by atoms with Crippen molar-refractivity contribution in [1.82, 2.24) is 9.21 Å². The predicted molar refractivity (Wildman–Crippen MR) is 93.2 cm³/mol. The summed E-state index contributed by atoms with van der Waals surface area (Å²) in [6.45, 7) is 7.83. The number of benzene rings is 1.